The van der Waals surface area contributed by atoms with Crippen LogP contribution in [-0.4, -0.2) is 10.2 Å². The van der Waals surface area contributed by atoms with Crippen molar-refractivity contribution in [2.75, 3.05) is 0 Å². The smallest absolute Gasteiger partial charge is 0.135 e. The molecule has 36 heavy (non-hydrogen) atoms. The molecule has 0 spiro atoms. The highest BCUT2D eigenvalue weighted by atomic mass is 16.3. The van der Waals surface area contributed by atoms with Crippen LogP contribution in [-0.2, 0) is 0 Å². The molecule has 0 aliphatic rings. The van der Waals surface area contributed by atoms with E-state index in [1.54, 1.807) is 0 Å². The van der Waals surface area contributed by atoms with Crippen molar-refractivity contribution in [3.63, 3.8) is 0 Å². The summed E-state index contributed by atoms with van der Waals surface area (Å²) in [6.45, 7) is 8.19. The minimum absolute atomic E-state index is 0.0756. The van der Waals surface area contributed by atoms with E-state index in [4.69, 9.17) is 0 Å². The van der Waals surface area contributed by atoms with Gasteiger partial charge < -0.3 is 10.2 Å². The topological polar surface area (TPSA) is 40.5 Å². The molecule has 0 atom stereocenters. The predicted molar refractivity (Wildman–Crippen MR) is 150 cm³/mol. The number of phenolic OH excluding ortho intramolecular Hbond substituents is 2. The number of benzene rings is 5. The maximum Gasteiger partial charge on any atom is 0.135 e. The van der Waals surface area contributed by atoms with Gasteiger partial charge in [-0.25, -0.2) is 0 Å². The number of aromatic hydroxyl groups is 2. The summed E-state index contributed by atoms with van der Waals surface area (Å²) in [7, 11) is 0. The second-order valence-corrected chi connectivity index (χ2v) is 9.66. The van der Waals surface area contributed by atoms with Crippen LogP contribution >= 0.6 is 0 Å². The summed E-state index contributed by atoms with van der Waals surface area (Å²) >= 11 is 0. The standard InChI is InChI=1S/C34H30O2/c1-21-5-13-25(14-6-21)29-30(26-15-7-22(2)8-16-26)33(35)32(28-19-11-24(4)12-20-28)34(36)31(29)27-17-9-23(3)10-18-27/h5-20,35-36H,1-4H3. The molecule has 0 bridgehead atoms. The molecule has 2 N–H and O–H groups in total. The molecular weight excluding hydrogens is 440 g/mol. The zero-order valence-corrected chi connectivity index (χ0v) is 21.1. The third-order valence-corrected chi connectivity index (χ3v) is 6.81. The van der Waals surface area contributed by atoms with Crippen molar-refractivity contribution in [1.82, 2.24) is 0 Å². The van der Waals surface area contributed by atoms with Gasteiger partial charge in [0.15, 0.2) is 0 Å². The van der Waals surface area contributed by atoms with Gasteiger partial charge in [-0.05, 0) is 49.9 Å². The van der Waals surface area contributed by atoms with Crippen LogP contribution in [0.4, 0.5) is 0 Å². The van der Waals surface area contributed by atoms with Gasteiger partial charge in [0.1, 0.15) is 11.5 Å². The fraction of sp³-hybridized carbons (Fsp3) is 0.118. The minimum atomic E-state index is 0.0756. The largest absolute Gasteiger partial charge is 0.506 e. The van der Waals surface area contributed by atoms with Crippen LogP contribution in [0.2, 0.25) is 0 Å². The van der Waals surface area contributed by atoms with Crippen molar-refractivity contribution in [3.8, 4) is 56.0 Å². The van der Waals surface area contributed by atoms with Crippen molar-refractivity contribution in [2.24, 2.45) is 0 Å². The van der Waals surface area contributed by atoms with Crippen molar-refractivity contribution < 1.29 is 10.2 Å². The molecule has 5 aromatic carbocycles. The zero-order valence-electron chi connectivity index (χ0n) is 21.1. The fourth-order valence-corrected chi connectivity index (χ4v) is 4.73. The molecule has 178 valence electrons. The molecule has 2 nitrogen and oxygen atoms in total. The average Bonchev–Trinajstić information content (AvgIpc) is 2.87. The lowest BCUT2D eigenvalue weighted by molar-refractivity contribution is 0.457. The number of hydrogen-bond donors (Lipinski definition) is 2. The van der Waals surface area contributed by atoms with Crippen LogP contribution in [0.3, 0.4) is 0 Å². The molecule has 0 fully saturated rings. The summed E-state index contributed by atoms with van der Waals surface area (Å²) in [5.41, 5.74) is 10.7. The van der Waals surface area contributed by atoms with E-state index in [-0.39, 0.29) is 11.5 Å². The second-order valence-electron chi connectivity index (χ2n) is 9.66. The Labute approximate surface area is 213 Å². The summed E-state index contributed by atoms with van der Waals surface area (Å²) in [5, 5.41) is 23.7. The van der Waals surface area contributed by atoms with Gasteiger partial charge in [-0.15, -0.1) is 0 Å². The van der Waals surface area contributed by atoms with E-state index in [2.05, 4.69) is 69.3 Å². The molecule has 5 rings (SSSR count). The van der Waals surface area contributed by atoms with E-state index in [0.29, 0.717) is 16.7 Å². The monoisotopic (exact) mass is 470 g/mol. The summed E-state index contributed by atoms with van der Waals surface area (Å²) < 4.78 is 0. The lowest BCUT2D eigenvalue weighted by Gasteiger charge is -2.23. The Morgan fingerprint density at radius 2 is 0.528 bits per heavy atom. The van der Waals surface area contributed by atoms with E-state index >= 15 is 0 Å². The Morgan fingerprint density at radius 3 is 0.806 bits per heavy atom. The van der Waals surface area contributed by atoms with Gasteiger partial charge in [-0.1, -0.05) is 119 Å². The first-order valence-corrected chi connectivity index (χ1v) is 12.2. The van der Waals surface area contributed by atoms with Gasteiger partial charge in [0.05, 0.1) is 5.56 Å². The first kappa shape index (κ1) is 23.4. The van der Waals surface area contributed by atoms with Crippen LogP contribution in [0.25, 0.3) is 44.5 Å². The Kier molecular flexibility index (Phi) is 6.12. The highest BCUT2D eigenvalue weighted by Crippen LogP contribution is 2.55. The van der Waals surface area contributed by atoms with Crippen molar-refractivity contribution in [2.45, 2.75) is 27.7 Å². The van der Waals surface area contributed by atoms with Gasteiger partial charge in [0, 0.05) is 16.7 Å². The Hall–Kier alpha value is -4.30. The van der Waals surface area contributed by atoms with Crippen molar-refractivity contribution in [1.29, 1.82) is 0 Å². The van der Waals surface area contributed by atoms with E-state index in [1.807, 2.05) is 55.5 Å². The van der Waals surface area contributed by atoms with E-state index in [1.165, 1.54) is 0 Å². The summed E-state index contributed by atoms with van der Waals surface area (Å²) in [6.07, 6.45) is 0. The molecule has 2 heteroatoms. The van der Waals surface area contributed by atoms with Gasteiger partial charge in [0.25, 0.3) is 0 Å². The zero-order chi connectivity index (χ0) is 25.4. The molecule has 0 unspecified atom stereocenters. The molecule has 0 radical (unpaired) electrons. The summed E-state index contributed by atoms with van der Waals surface area (Å²) in [4.78, 5) is 0. The van der Waals surface area contributed by atoms with Gasteiger partial charge >= 0.3 is 0 Å². The lowest BCUT2D eigenvalue weighted by Crippen LogP contribution is -1.96. The third kappa shape index (κ3) is 4.27. The van der Waals surface area contributed by atoms with E-state index < -0.39 is 0 Å². The highest BCUT2D eigenvalue weighted by molar-refractivity contribution is 6.05. The maximum atomic E-state index is 11.9. The van der Waals surface area contributed by atoms with Crippen LogP contribution in [0.5, 0.6) is 11.5 Å². The average molecular weight is 471 g/mol. The first-order valence-electron chi connectivity index (χ1n) is 12.2. The van der Waals surface area contributed by atoms with Gasteiger partial charge in [-0.2, -0.15) is 0 Å². The maximum absolute atomic E-state index is 11.9. The molecule has 0 aliphatic heterocycles. The lowest BCUT2D eigenvalue weighted by atomic mass is 9.82. The van der Waals surface area contributed by atoms with Crippen LogP contribution in [0, 0.1) is 27.7 Å². The molecule has 0 heterocycles. The normalized spacial score (nSPS) is 11.0. The molecule has 5 aromatic rings. The van der Waals surface area contributed by atoms with Gasteiger partial charge in [-0.3, -0.25) is 0 Å². The van der Waals surface area contributed by atoms with Crippen LogP contribution in [0.15, 0.2) is 97.1 Å². The molecule has 0 saturated heterocycles. The minimum Gasteiger partial charge on any atom is -0.506 e. The highest BCUT2D eigenvalue weighted by Gasteiger charge is 2.27. The second kappa shape index (κ2) is 9.39. The quantitative estimate of drug-likeness (QED) is 0.275. The molecule has 0 aliphatic carbocycles. The fourth-order valence-electron chi connectivity index (χ4n) is 4.73. The number of aryl methyl sites for hydroxylation is 4. The van der Waals surface area contributed by atoms with Crippen molar-refractivity contribution >= 4 is 0 Å². The van der Waals surface area contributed by atoms with Crippen molar-refractivity contribution in [3.05, 3.63) is 119 Å². The Balaban J connectivity index is 1.96. The van der Waals surface area contributed by atoms with Gasteiger partial charge in [0.2, 0.25) is 0 Å². The third-order valence-electron chi connectivity index (χ3n) is 6.81. The van der Waals surface area contributed by atoms with E-state index in [0.717, 1.165) is 50.1 Å². The number of rotatable bonds is 4. The molecule has 0 amide bonds. The molecular formula is C34H30O2. The Morgan fingerprint density at radius 1 is 0.306 bits per heavy atom. The van der Waals surface area contributed by atoms with Crippen LogP contribution < -0.4 is 0 Å². The summed E-state index contributed by atoms with van der Waals surface area (Å²) in [5.74, 6) is 0.151. The Bertz CT molecular complexity index is 1450. The number of hydrogen-bond acceptors (Lipinski definition) is 2. The molecule has 0 aromatic heterocycles. The molecule has 0 saturated carbocycles. The predicted octanol–water partition coefficient (Wildman–Crippen LogP) is 9.00. The van der Waals surface area contributed by atoms with E-state index in [9.17, 15) is 10.2 Å². The summed E-state index contributed by atoms with van der Waals surface area (Å²) in [6, 6.07) is 32.5. The number of phenols is 2. The first-order chi connectivity index (χ1) is 17.3. The van der Waals surface area contributed by atoms with Crippen LogP contribution in [0.1, 0.15) is 22.3 Å². The SMILES string of the molecule is Cc1ccc(-c2c(O)c(-c3ccc(C)cc3)c(-c3ccc(C)cc3)c(-c3ccc(C)cc3)c2O)cc1.